The third-order valence-corrected chi connectivity index (χ3v) is 6.62. The quantitative estimate of drug-likeness (QED) is 0.568. The van der Waals surface area contributed by atoms with Crippen LogP contribution >= 0.6 is 0 Å². The van der Waals surface area contributed by atoms with Crippen LogP contribution in [0, 0.1) is 11.3 Å². The van der Waals surface area contributed by atoms with E-state index in [0.29, 0.717) is 50.1 Å². The lowest BCUT2D eigenvalue weighted by molar-refractivity contribution is 0.208. The molecule has 0 radical (unpaired) electrons. The summed E-state index contributed by atoms with van der Waals surface area (Å²) in [7, 11) is 0. The fraction of sp³-hybridized carbons (Fsp3) is 0.385. The number of amides is 2. The number of benzene rings is 2. The molecule has 1 unspecified atom stereocenters. The first-order valence-electron chi connectivity index (χ1n) is 12.1. The predicted molar refractivity (Wildman–Crippen MR) is 135 cm³/mol. The Labute approximate surface area is 204 Å². The van der Waals surface area contributed by atoms with Crippen molar-refractivity contribution in [3.05, 3.63) is 54.4 Å². The number of hydrogen-bond acceptors (Lipinski definition) is 7. The highest BCUT2D eigenvalue weighted by Gasteiger charge is 2.23. The number of carbonyl (C=O) groups is 1. The zero-order valence-electron chi connectivity index (χ0n) is 19.6. The molecule has 9 heteroatoms. The van der Waals surface area contributed by atoms with Gasteiger partial charge in [-0.1, -0.05) is 0 Å². The first-order chi connectivity index (χ1) is 17.2. The molecular formula is C26H29N7O2. The van der Waals surface area contributed by atoms with E-state index in [-0.39, 0.29) is 6.03 Å². The third-order valence-electron chi connectivity index (χ3n) is 6.62. The number of anilines is 2. The standard InChI is InChI=1S/C26H29N7O2/c27-17-19-3-5-21(6-4-19)31-26(34)33-13-11-32(12-14-33)25-23-8-7-22(16-24(23)29-18-30-25)35-15-9-20-2-1-10-28-20/h3-8,16,18,20,28H,1-2,9-15H2,(H,31,34). The van der Waals surface area contributed by atoms with Crippen molar-refractivity contribution in [3.8, 4) is 11.8 Å². The second kappa shape index (κ2) is 10.6. The van der Waals surface area contributed by atoms with Gasteiger partial charge in [-0.05, 0) is 62.2 Å². The summed E-state index contributed by atoms with van der Waals surface area (Å²) in [6.07, 6.45) is 5.07. The number of ether oxygens (including phenoxy) is 1. The van der Waals surface area contributed by atoms with Gasteiger partial charge >= 0.3 is 6.03 Å². The summed E-state index contributed by atoms with van der Waals surface area (Å²) in [5, 5.41) is 16.3. The molecule has 2 saturated heterocycles. The predicted octanol–water partition coefficient (Wildman–Crippen LogP) is 3.38. The van der Waals surface area contributed by atoms with E-state index >= 15 is 0 Å². The summed E-state index contributed by atoms with van der Waals surface area (Å²) < 4.78 is 5.98. The molecule has 1 aromatic heterocycles. The van der Waals surface area contributed by atoms with Crippen LogP contribution in [0.1, 0.15) is 24.8 Å². The highest BCUT2D eigenvalue weighted by molar-refractivity contribution is 5.91. The van der Waals surface area contributed by atoms with Crippen LogP contribution in [-0.4, -0.2) is 66.3 Å². The fourth-order valence-electron chi connectivity index (χ4n) is 4.64. The first-order valence-corrected chi connectivity index (χ1v) is 12.1. The smallest absolute Gasteiger partial charge is 0.321 e. The number of carbonyl (C=O) groups excluding carboxylic acids is 1. The molecule has 0 bridgehead atoms. The molecule has 2 amide bonds. The Balaban J connectivity index is 1.18. The Morgan fingerprint density at radius 3 is 2.71 bits per heavy atom. The van der Waals surface area contributed by atoms with Gasteiger partial charge in [0, 0.05) is 49.4 Å². The maximum absolute atomic E-state index is 12.7. The van der Waals surface area contributed by atoms with E-state index in [0.717, 1.165) is 35.4 Å². The minimum absolute atomic E-state index is 0.142. The minimum Gasteiger partial charge on any atom is -0.493 e. The van der Waals surface area contributed by atoms with E-state index in [1.54, 1.807) is 35.5 Å². The second-order valence-electron chi connectivity index (χ2n) is 8.90. The summed E-state index contributed by atoms with van der Waals surface area (Å²) in [5.41, 5.74) is 2.09. The maximum Gasteiger partial charge on any atom is 0.321 e. The third kappa shape index (κ3) is 5.44. The van der Waals surface area contributed by atoms with Crippen LogP contribution in [0.4, 0.5) is 16.3 Å². The summed E-state index contributed by atoms with van der Waals surface area (Å²) in [4.78, 5) is 25.7. The molecule has 0 aliphatic carbocycles. The Kier molecular flexibility index (Phi) is 6.91. The number of nitriles is 1. The molecule has 2 fully saturated rings. The van der Waals surface area contributed by atoms with Crippen molar-refractivity contribution in [2.75, 3.05) is 49.5 Å². The van der Waals surface area contributed by atoms with E-state index in [1.807, 2.05) is 18.2 Å². The summed E-state index contributed by atoms with van der Waals surface area (Å²) in [5.74, 6) is 1.70. The number of nitrogens with one attached hydrogen (secondary N) is 2. The second-order valence-corrected chi connectivity index (χ2v) is 8.90. The van der Waals surface area contributed by atoms with Gasteiger partial charge in [0.1, 0.15) is 17.9 Å². The van der Waals surface area contributed by atoms with Gasteiger partial charge < -0.3 is 25.2 Å². The summed E-state index contributed by atoms with van der Waals surface area (Å²) >= 11 is 0. The van der Waals surface area contributed by atoms with Crippen molar-refractivity contribution in [2.24, 2.45) is 0 Å². The average molecular weight is 472 g/mol. The lowest BCUT2D eigenvalue weighted by Gasteiger charge is -2.35. The van der Waals surface area contributed by atoms with Gasteiger partial charge in [-0.2, -0.15) is 5.26 Å². The molecule has 3 aromatic rings. The number of nitrogens with zero attached hydrogens (tertiary/aromatic N) is 5. The van der Waals surface area contributed by atoms with Gasteiger partial charge in [0.15, 0.2) is 0 Å². The fourth-order valence-corrected chi connectivity index (χ4v) is 4.64. The van der Waals surface area contributed by atoms with E-state index in [4.69, 9.17) is 10.00 Å². The Morgan fingerprint density at radius 2 is 1.97 bits per heavy atom. The maximum atomic E-state index is 12.7. The molecule has 180 valence electrons. The Bertz CT molecular complexity index is 1210. The largest absolute Gasteiger partial charge is 0.493 e. The highest BCUT2D eigenvalue weighted by Crippen LogP contribution is 2.27. The molecular weight excluding hydrogens is 442 g/mol. The topological polar surface area (TPSA) is 106 Å². The van der Waals surface area contributed by atoms with Crippen LogP contribution in [-0.2, 0) is 0 Å². The van der Waals surface area contributed by atoms with Gasteiger partial charge in [0.05, 0.1) is 23.8 Å². The normalized spacial score (nSPS) is 17.9. The molecule has 0 saturated carbocycles. The minimum atomic E-state index is -0.142. The molecule has 35 heavy (non-hydrogen) atoms. The van der Waals surface area contributed by atoms with Gasteiger partial charge in [-0.25, -0.2) is 14.8 Å². The first kappa shape index (κ1) is 22.9. The number of urea groups is 1. The van der Waals surface area contributed by atoms with Gasteiger partial charge in [-0.15, -0.1) is 0 Å². The van der Waals surface area contributed by atoms with Crippen molar-refractivity contribution in [1.82, 2.24) is 20.2 Å². The van der Waals surface area contributed by atoms with Crippen molar-refractivity contribution in [3.63, 3.8) is 0 Å². The van der Waals surface area contributed by atoms with Crippen LogP contribution < -0.4 is 20.3 Å². The van der Waals surface area contributed by atoms with E-state index in [9.17, 15) is 4.79 Å². The van der Waals surface area contributed by atoms with E-state index in [1.165, 1.54) is 12.8 Å². The lowest BCUT2D eigenvalue weighted by Crippen LogP contribution is -2.50. The van der Waals surface area contributed by atoms with Crippen LogP contribution in [0.3, 0.4) is 0 Å². The molecule has 2 aromatic carbocycles. The summed E-state index contributed by atoms with van der Waals surface area (Å²) in [6, 6.07) is 15.3. The summed E-state index contributed by atoms with van der Waals surface area (Å²) in [6.45, 7) is 4.33. The SMILES string of the molecule is N#Cc1ccc(NC(=O)N2CCN(c3ncnc4cc(OCCC5CCCN5)ccc34)CC2)cc1. The van der Waals surface area contributed by atoms with Gasteiger partial charge in [0.2, 0.25) is 0 Å². The Hall–Kier alpha value is -3.90. The van der Waals surface area contributed by atoms with Crippen LogP contribution in [0.5, 0.6) is 5.75 Å². The molecule has 0 spiro atoms. The van der Waals surface area contributed by atoms with Crippen molar-refractivity contribution >= 4 is 28.4 Å². The molecule has 5 rings (SSSR count). The number of hydrogen-bond donors (Lipinski definition) is 2. The molecule has 2 N–H and O–H groups in total. The van der Waals surface area contributed by atoms with Crippen LogP contribution in [0.25, 0.3) is 10.9 Å². The van der Waals surface area contributed by atoms with Gasteiger partial charge in [0.25, 0.3) is 0 Å². The van der Waals surface area contributed by atoms with Crippen molar-refractivity contribution < 1.29 is 9.53 Å². The zero-order chi connectivity index (χ0) is 24.0. The molecule has 9 nitrogen and oxygen atoms in total. The van der Waals surface area contributed by atoms with Crippen molar-refractivity contribution in [1.29, 1.82) is 5.26 Å². The average Bonchev–Trinajstić information content (AvgIpc) is 3.42. The zero-order valence-corrected chi connectivity index (χ0v) is 19.6. The highest BCUT2D eigenvalue weighted by atomic mass is 16.5. The number of fused-ring (bicyclic) bond motifs is 1. The number of aromatic nitrogens is 2. The van der Waals surface area contributed by atoms with E-state index in [2.05, 4.69) is 31.6 Å². The molecule has 2 aliphatic rings. The molecule has 2 aliphatic heterocycles. The number of rotatable bonds is 6. The molecule has 3 heterocycles. The number of piperazine rings is 1. The van der Waals surface area contributed by atoms with E-state index < -0.39 is 0 Å². The van der Waals surface area contributed by atoms with Crippen LogP contribution in [0.15, 0.2) is 48.8 Å². The molecule has 1 atom stereocenters. The van der Waals surface area contributed by atoms with Crippen LogP contribution in [0.2, 0.25) is 0 Å². The van der Waals surface area contributed by atoms with Crippen molar-refractivity contribution in [2.45, 2.75) is 25.3 Å². The van der Waals surface area contributed by atoms with Gasteiger partial charge in [-0.3, -0.25) is 0 Å². The Morgan fingerprint density at radius 1 is 1.14 bits per heavy atom. The monoisotopic (exact) mass is 471 g/mol. The lowest BCUT2D eigenvalue weighted by atomic mass is 10.2.